The summed E-state index contributed by atoms with van der Waals surface area (Å²) in [7, 11) is 0. The van der Waals surface area contributed by atoms with Crippen LogP contribution in [0, 0.1) is 0 Å². The molecule has 0 saturated carbocycles. The van der Waals surface area contributed by atoms with E-state index in [9.17, 15) is 5.11 Å². The third-order valence-corrected chi connectivity index (χ3v) is 5.41. The third-order valence-electron chi connectivity index (χ3n) is 4.31. The molecule has 1 aromatic heterocycles. The van der Waals surface area contributed by atoms with E-state index in [0.717, 1.165) is 24.4 Å². The van der Waals surface area contributed by atoms with Gasteiger partial charge in [-0.15, -0.1) is 10.2 Å². The molecule has 0 spiro atoms. The Labute approximate surface area is 147 Å². The fourth-order valence-electron chi connectivity index (χ4n) is 3.02. The van der Waals surface area contributed by atoms with Crippen LogP contribution < -0.4 is 0 Å². The van der Waals surface area contributed by atoms with Gasteiger partial charge in [-0.25, -0.2) is 0 Å². The van der Waals surface area contributed by atoms with Crippen LogP contribution in [0.15, 0.2) is 35.7 Å². The summed E-state index contributed by atoms with van der Waals surface area (Å²) in [6.45, 7) is 4.53. The summed E-state index contributed by atoms with van der Waals surface area (Å²) < 4.78 is 8.02. The summed E-state index contributed by atoms with van der Waals surface area (Å²) >= 11 is 1.52. The van der Waals surface area contributed by atoms with Gasteiger partial charge in [0.15, 0.2) is 5.16 Å². The molecule has 1 aliphatic carbocycles. The van der Waals surface area contributed by atoms with Crippen LogP contribution in [0.5, 0.6) is 0 Å². The molecule has 0 fully saturated rings. The lowest BCUT2D eigenvalue weighted by Crippen LogP contribution is -2.22. The maximum atomic E-state index is 10.3. The Kier molecular flexibility index (Phi) is 5.92. The Hall–Kier alpha value is -1.37. The second kappa shape index (κ2) is 8.14. The SMILES string of the molecule is CC(C)n1cnnc1SCC(O)COC1CCCc2ccccc21. The largest absolute Gasteiger partial charge is 0.390 e. The Bertz CT molecular complexity index is 659. The minimum absolute atomic E-state index is 0.105. The van der Waals surface area contributed by atoms with Gasteiger partial charge in [-0.1, -0.05) is 36.0 Å². The lowest BCUT2D eigenvalue weighted by molar-refractivity contribution is -0.00961. The van der Waals surface area contributed by atoms with Gasteiger partial charge < -0.3 is 14.4 Å². The molecule has 0 aliphatic heterocycles. The first-order valence-electron chi connectivity index (χ1n) is 8.55. The molecule has 1 aromatic carbocycles. The van der Waals surface area contributed by atoms with Crippen molar-refractivity contribution in [3.63, 3.8) is 0 Å². The summed E-state index contributed by atoms with van der Waals surface area (Å²) in [6, 6.07) is 8.78. The summed E-state index contributed by atoms with van der Waals surface area (Å²) in [5.41, 5.74) is 2.66. The number of fused-ring (bicyclic) bond motifs is 1. The van der Waals surface area contributed by atoms with E-state index >= 15 is 0 Å². The van der Waals surface area contributed by atoms with E-state index in [1.807, 2.05) is 4.57 Å². The summed E-state index contributed by atoms with van der Waals surface area (Å²) in [4.78, 5) is 0. The van der Waals surface area contributed by atoms with Crippen LogP contribution in [0.3, 0.4) is 0 Å². The Morgan fingerprint density at radius 3 is 3.04 bits per heavy atom. The molecule has 24 heavy (non-hydrogen) atoms. The van der Waals surface area contributed by atoms with E-state index in [2.05, 4.69) is 48.3 Å². The predicted molar refractivity (Wildman–Crippen MR) is 95.2 cm³/mol. The molecular formula is C18H25N3O2S. The first-order chi connectivity index (χ1) is 11.6. The van der Waals surface area contributed by atoms with E-state index in [-0.39, 0.29) is 6.10 Å². The molecule has 2 aromatic rings. The van der Waals surface area contributed by atoms with Crippen molar-refractivity contribution in [2.45, 2.75) is 56.5 Å². The number of thioether (sulfide) groups is 1. The Morgan fingerprint density at radius 1 is 1.38 bits per heavy atom. The molecule has 6 heteroatoms. The fraction of sp³-hybridized carbons (Fsp3) is 0.556. The van der Waals surface area contributed by atoms with Crippen LogP contribution in [0.2, 0.25) is 0 Å². The van der Waals surface area contributed by atoms with Gasteiger partial charge in [0.2, 0.25) is 0 Å². The lowest BCUT2D eigenvalue weighted by atomic mass is 9.89. The van der Waals surface area contributed by atoms with Gasteiger partial charge in [0.25, 0.3) is 0 Å². The Balaban J connectivity index is 1.50. The molecule has 2 unspecified atom stereocenters. The van der Waals surface area contributed by atoms with E-state index < -0.39 is 6.10 Å². The molecular weight excluding hydrogens is 322 g/mol. The fourth-order valence-corrected chi connectivity index (χ4v) is 3.97. The summed E-state index contributed by atoms with van der Waals surface area (Å²) in [5, 5.41) is 19.2. The van der Waals surface area contributed by atoms with Crippen molar-refractivity contribution in [3.8, 4) is 0 Å². The zero-order valence-corrected chi connectivity index (χ0v) is 15.1. The topological polar surface area (TPSA) is 60.2 Å². The molecule has 1 heterocycles. The predicted octanol–water partition coefficient (Wildman–Crippen LogP) is 3.41. The normalized spacial score (nSPS) is 18.6. The second-order valence-corrected chi connectivity index (χ2v) is 7.48. The van der Waals surface area contributed by atoms with E-state index in [4.69, 9.17) is 4.74 Å². The number of rotatable bonds is 7. The summed E-state index contributed by atoms with van der Waals surface area (Å²) in [6.07, 6.45) is 4.62. The molecule has 1 N–H and O–H groups in total. The van der Waals surface area contributed by atoms with Gasteiger partial charge in [-0.2, -0.15) is 0 Å². The van der Waals surface area contributed by atoms with Crippen molar-refractivity contribution in [3.05, 3.63) is 41.7 Å². The van der Waals surface area contributed by atoms with Gasteiger partial charge in [0.05, 0.1) is 18.8 Å². The molecule has 0 bridgehead atoms. The van der Waals surface area contributed by atoms with Crippen molar-refractivity contribution in [2.75, 3.05) is 12.4 Å². The molecule has 1 aliphatic rings. The van der Waals surface area contributed by atoms with Crippen LogP contribution in [0.25, 0.3) is 0 Å². The van der Waals surface area contributed by atoms with Crippen LogP contribution in [-0.4, -0.2) is 38.3 Å². The Morgan fingerprint density at radius 2 is 2.21 bits per heavy atom. The molecule has 0 amide bonds. The minimum atomic E-state index is -0.513. The van der Waals surface area contributed by atoms with Crippen molar-refractivity contribution in [1.82, 2.24) is 14.8 Å². The zero-order chi connectivity index (χ0) is 16.9. The highest BCUT2D eigenvalue weighted by atomic mass is 32.2. The van der Waals surface area contributed by atoms with E-state index in [1.165, 1.54) is 22.9 Å². The number of aromatic nitrogens is 3. The minimum Gasteiger partial charge on any atom is -0.390 e. The maximum absolute atomic E-state index is 10.3. The summed E-state index contributed by atoms with van der Waals surface area (Å²) in [5.74, 6) is 0.555. The van der Waals surface area contributed by atoms with E-state index in [0.29, 0.717) is 18.4 Å². The number of hydrogen-bond donors (Lipinski definition) is 1. The standard InChI is InChI=1S/C18H25N3O2S/c1-13(2)21-12-19-20-18(21)24-11-15(22)10-23-17-9-5-7-14-6-3-4-8-16(14)17/h3-4,6,8,12-13,15,17,22H,5,7,9-11H2,1-2H3. The monoisotopic (exact) mass is 347 g/mol. The van der Waals surface area contributed by atoms with Crippen LogP contribution in [-0.2, 0) is 11.2 Å². The molecule has 0 radical (unpaired) electrons. The lowest BCUT2D eigenvalue weighted by Gasteiger charge is -2.26. The smallest absolute Gasteiger partial charge is 0.191 e. The molecule has 2 atom stereocenters. The second-order valence-electron chi connectivity index (χ2n) is 6.49. The van der Waals surface area contributed by atoms with Crippen LogP contribution >= 0.6 is 11.8 Å². The van der Waals surface area contributed by atoms with Crippen molar-refractivity contribution in [1.29, 1.82) is 0 Å². The highest BCUT2D eigenvalue weighted by molar-refractivity contribution is 7.99. The third kappa shape index (κ3) is 4.18. The molecule has 0 saturated heterocycles. The quantitative estimate of drug-likeness (QED) is 0.778. The maximum Gasteiger partial charge on any atom is 0.191 e. The van der Waals surface area contributed by atoms with Crippen molar-refractivity contribution < 1.29 is 9.84 Å². The van der Waals surface area contributed by atoms with Gasteiger partial charge in [0.1, 0.15) is 6.33 Å². The van der Waals surface area contributed by atoms with Gasteiger partial charge in [-0.05, 0) is 44.2 Å². The highest BCUT2D eigenvalue weighted by Gasteiger charge is 2.21. The van der Waals surface area contributed by atoms with Gasteiger partial charge in [-0.3, -0.25) is 0 Å². The van der Waals surface area contributed by atoms with E-state index in [1.54, 1.807) is 6.33 Å². The average molecular weight is 347 g/mol. The first-order valence-corrected chi connectivity index (χ1v) is 9.53. The van der Waals surface area contributed by atoms with Crippen molar-refractivity contribution >= 4 is 11.8 Å². The van der Waals surface area contributed by atoms with Crippen LogP contribution in [0.1, 0.15) is 50.0 Å². The number of aliphatic hydroxyl groups is 1. The zero-order valence-electron chi connectivity index (χ0n) is 14.3. The number of aliphatic hydroxyl groups excluding tert-OH is 1. The van der Waals surface area contributed by atoms with Gasteiger partial charge in [0, 0.05) is 11.8 Å². The molecule has 3 rings (SSSR count). The van der Waals surface area contributed by atoms with Crippen LogP contribution in [0.4, 0.5) is 0 Å². The number of nitrogens with zero attached hydrogens (tertiary/aromatic N) is 3. The number of aryl methyl sites for hydroxylation is 1. The number of ether oxygens (including phenoxy) is 1. The molecule has 5 nitrogen and oxygen atoms in total. The average Bonchev–Trinajstić information content (AvgIpc) is 3.07. The van der Waals surface area contributed by atoms with Crippen molar-refractivity contribution in [2.24, 2.45) is 0 Å². The number of benzene rings is 1. The highest BCUT2D eigenvalue weighted by Crippen LogP contribution is 2.32. The molecule has 130 valence electrons. The number of hydrogen-bond acceptors (Lipinski definition) is 5. The first kappa shape index (κ1) is 17.5. The van der Waals surface area contributed by atoms with Gasteiger partial charge >= 0.3 is 0 Å².